The van der Waals surface area contributed by atoms with Crippen molar-refractivity contribution in [1.82, 2.24) is 10.6 Å². The molecule has 0 aliphatic heterocycles. The molecule has 192 valence electrons. The molecule has 0 rings (SSSR count). The molecule has 4 nitrogen and oxygen atoms in total. The summed E-state index contributed by atoms with van der Waals surface area (Å²) in [5.74, 6) is 0.0653. The van der Waals surface area contributed by atoms with E-state index in [0.29, 0.717) is 6.42 Å². The highest BCUT2D eigenvalue weighted by Crippen LogP contribution is 2.11. The summed E-state index contributed by atoms with van der Waals surface area (Å²) >= 11 is 0. The quantitative estimate of drug-likeness (QED) is 0.120. The van der Waals surface area contributed by atoms with Crippen molar-refractivity contribution in [3.05, 3.63) is 0 Å². The number of aliphatic hydroxyl groups is 1. The maximum absolute atomic E-state index is 12.1. The Balaban J connectivity index is 3.44. The highest BCUT2D eigenvalue weighted by atomic mass is 16.3. The molecule has 0 saturated heterocycles. The molecule has 0 radical (unpaired) electrons. The van der Waals surface area contributed by atoms with Gasteiger partial charge in [0.25, 0.3) is 0 Å². The lowest BCUT2D eigenvalue weighted by Crippen LogP contribution is -2.38. The lowest BCUT2D eigenvalue weighted by molar-refractivity contribution is -0.121. The van der Waals surface area contributed by atoms with Crippen molar-refractivity contribution in [2.24, 2.45) is 0 Å². The number of aliphatic hydroxyl groups excluding tert-OH is 1. The molecule has 1 amide bonds. The first kappa shape index (κ1) is 31.4. The van der Waals surface area contributed by atoms with Crippen LogP contribution in [0.15, 0.2) is 0 Å². The van der Waals surface area contributed by atoms with Gasteiger partial charge in [0.2, 0.25) is 5.91 Å². The average Bonchev–Trinajstić information content (AvgIpc) is 2.80. The molecule has 0 aliphatic rings. The zero-order valence-electron chi connectivity index (χ0n) is 21.9. The average molecular weight is 455 g/mol. The van der Waals surface area contributed by atoms with Crippen LogP contribution in [0.5, 0.6) is 0 Å². The van der Waals surface area contributed by atoms with Crippen molar-refractivity contribution in [3.63, 3.8) is 0 Å². The van der Waals surface area contributed by atoms with Crippen LogP contribution >= 0.6 is 0 Å². The minimum atomic E-state index is -0.110. The topological polar surface area (TPSA) is 61.4 Å². The fourth-order valence-electron chi connectivity index (χ4n) is 4.26. The van der Waals surface area contributed by atoms with Crippen LogP contribution in [-0.4, -0.2) is 36.8 Å². The Morgan fingerprint density at radius 1 is 0.594 bits per heavy atom. The van der Waals surface area contributed by atoms with E-state index in [9.17, 15) is 9.90 Å². The molecular formula is C28H58N2O2. The van der Waals surface area contributed by atoms with Crippen molar-refractivity contribution in [2.45, 2.75) is 155 Å². The monoisotopic (exact) mass is 454 g/mol. The lowest BCUT2D eigenvalue weighted by Gasteiger charge is -2.16. The van der Waals surface area contributed by atoms with E-state index in [1.165, 1.54) is 116 Å². The second-order valence-electron chi connectivity index (χ2n) is 9.75. The largest absolute Gasteiger partial charge is 0.395 e. The van der Waals surface area contributed by atoms with Gasteiger partial charge in [0, 0.05) is 19.0 Å². The number of nitrogens with one attached hydrogen (secondary N) is 2. The molecule has 1 atom stereocenters. The van der Waals surface area contributed by atoms with Gasteiger partial charge in [-0.05, 0) is 19.4 Å². The van der Waals surface area contributed by atoms with E-state index in [-0.39, 0.29) is 18.6 Å². The number of amides is 1. The number of rotatable bonds is 26. The number of hydrogen-bond donors (Lipinski definition) is 3. The Labute approximate surface area is 201 Å². The molecule has 0 saturated carbocycles. The number of unbranched alkanes of at least 4 members (excludes halogenated alkanes) is 18. The fourth-order valence-corrected chi connectivity index (χ4v) is 4.26. The molecule has 32 heavy (non-hydrogen) atoms. The van der Waals surface area contributed by atoms with Crippen molar-refractivity contribution in [3.8, 4) is 0 Å². The Kier molecular flexibility index (Phi) is 26.1. The van der Waals surface area contributed by atoms with Gasteiger partial charge in [-0.3, -0.25) is 4.79 Å². The van der Waals surface area contributed by atoms with E-state index in [1.54, 1.807) is 0 Å². The molecule has 3 N–H and O–H groups in total. The first-order valence-electron chi connectivity index (χ1n) is 14.4. The Hall–Kier alpha value is -0.610. The Morgan fingerprint density at radius 2 is 0.969 bits per heavy atom. The molecule has 0 bridgehead atoms. The maximum atomic E-state index is 12.1. The van der Waals surface area contributed by atoms with Gasteiger partial charge in [-0.1, -0.05) is 129 Å². The zero-order valence-corrected chi connectivity index (χ0v) is 21.9. The molecule has 0 aromatic heterocycles. The van der Waals surface area contributed by atoms with Crippen molar-refractivity contribution < 1.29 is 9.90 Å². The number of carbonyl (C=O) groups excluding carboxylic acids is 1. The van der Waals surface area contributed by atoms with Gasteiger partial charge < -0.3 is 15.7 Å². The van der Waals surface area contributed by atoms with E-state index in [4.69, 9.17) is 0 Å². The minimum absolute atomic E-state index is 0.0312. The SMILES string of the molecule is CCCCCCCCCCCCNC(=O)CC(CO)NCCCCCCCCCCCC. The molecule has 1 unspecified atom stereocenters. The molecule has 0 aliphatic carbocycles. The van der Waals surface area contributed by atoms with Crippen LogP contribution in [0.25, 0.3) is 0 Å². The summed E-state index contributed by atoms with van der Waals surface area (Å²) in [5, 5.41) is 15.9. The van der Waals surface area contributed by atoms with Gasteiger partial charge in [-0.25, -0.2) is 0 Å². The van der Waals surface area contributed by atoms with E-state index in [1.807, 2.05) is 0 Å². The molecular weight excluding hydrogens is 396 g/mol. The van der Waals surface area contributed by atoms with Gasteiger partial charge in [0.05, 0.1) is 6.61 Å². The summed E-state index contributed by atoms with van der Waals surface area (Å²) in [5.41, 5.74) is 0. The first-order chi connectivity index (χ1) is 15.7. The summed E-state index contributed by atoms with van der Waals surface area (Å²) in [7, 11) is 0. The molecule has 4 heteroatoms. The summed E-state index contributed by atoms with van der Waals surface area (Å²) in [6, 6.07) is -0.110. The van der Waals surface area contributed by atoms with Gasteiger partial charge in [0.1, 0.15) is 0 Å². The van der Waals surface area contributed by atoms with Gasteiger partial charge in [-0.15, -0.1) is 0 Å². The predicted octanol–water partition coefficient (Wildman–Crippen LogP) is 7.29. The standard InChI is InChI=1S/C28H58N2O2/c1-3-5-7-9-11-13-15-17-19-21-23-29-27(26-31)25-28(32)30-24-22-20-18-16-14-12-10-8-6-4-2/h27,29,31H,3-26H2,1-2H3,(H,30,32). The maximum Gasteiger partial charge on any atom is 0.221 e. The van der Waals surface area contributed by atoms with Gasteiger partial charge in [-0.2, -0.15) is 0 Å². The van der Waals surface area contributed by atoms with Crippen LogP contribution in [0.2, 0.25) is 0 Å². The van der Waals surface area contributed by atoms with Gasteiger partial charge >= 0.3 is 0 Å². The van der Waals surface area contributed by atoms with Crippen molar-refractivity contribution >= 4 is 5.91 Å². The third-order valence-electron chi connectivity index (χ3n) is 6.47. The highest BCUT2D eigenvalue weighted by Gasteiger charge is 2.11. The third kappa shape index (κ3) is 24.0. The van der Waals surface area contributed by atoms with Gasteiger partial charge in [0.15, 0.2) is 0 Å². The Morgan fingerprint density at radius 3 is 1.38 bits per heavy atom. The number of hydrogen-bond acceptors (Lipinski definition) is 3. The van der Waals surface area contributed by atoms with Crippen LogP contribution < -0.4 is 10.6 Å². The van der Waals surface area contributed by atoms with Crippen LogP contribution in [0.4, 0.5) is 0 Å². The van der Waals surface area contributed by atoms with E-state index >= 15 is 0 Å². The van der Waals surface area contributed by atoms with Crippen LogP contribution in [0.1, 0.15) is 149 Å². The molecule has 0 spiro atoms. The number of carbonyl (C=O) groups is 1. The third-order valence-corrected chi connectivity index (χ3v) is 6.47. The smallest absolute Gasteiger partial charge is 0.221 e. The normalized spacial score (nSPS) is 12.2. The first-order valence-corrected chi connectivity index (χ1v) is 14.4. The van der Waals surface area contributed by atoms with E-state index in [2.05, 4.69) is 24.5 Å². The molecule has 0 aromatic rings. The van der Waals surface area contributed by atoms with Crippen LogP contribution in [0.3, 0.4) is 0 Å². The highest BCUT2D eigenvalue weighted by molar-refractivity contribution is 5.76. The van der Waals surface area contributed by atoms with Crippen molar-refractivity contribution in [2.75, 3.05) is 19.7 Å². The summed E-state index contributed by atoms with van der Waals surface area (Å²) < 4.78 is 0. The van der Waals surface area contributed by atoms with E-state index < -0.39 is 0 Å². The summed E-state index contributed by atoms with van der Waals surface area (Å²) in [6.45, 7) is 6.22. The second kappa shape index (κ2) is 26.6. The fraction of sp³-hybridized carbons (Fsp3) is 0.964. The van der Waals surface area contributed by atoms with Crippen LogP contribution in [-0.2, 0) is 4.79 Å². The Bertz CT molecular complexity index is 376. The zero-order chi connectivity index (χ0) is 23.5. The summed E-state index contributed by atoms with van der Waals surface area (Å²) in [4.78, 5) is 12.1. The molecule has 0 aromatic carbocycles. The predicted molar refractivity (Wildman–Crippen MR) is 140 cm³/mol. The van der Waals surface area contributed by atoms with Crippen LogP contribution in [0, 0.1) is 0 Å². The lowest BCUT2D eigenvalue weighted by atomic mass is 10.1. The van der Waals surface area contributed by atoms with Crippen molar-refractivity contribution in [1.29, 1.82) is 0 Å². The molecule has 0 heterocycles. The van der Waals surface area contributed by atoms with E-state index in [0.717, 1.165) is 25.9 Å². The molecule has 0 fully saturated rings. The summed E-state index contributed by atoms with van der Waals surface area (Å²) in [6.07, 6.45) is 26.8. The second-order valence-corrected chi connectivity index (χ2v) is 9.75. The minimum Gasteiger partial charge on any atom is -0.395 e.